The maximum absolute atomic E-state index is 12.1. The van der Waals surface area contributed by atoms with Crippen LogP contribution in [-0.2, 0) is 16.4 Å². The number of halogens is 1. The molecule has 0 fully saturated rings. The number of sulfonamides is 1. The van der Waals surface area contributed by atoms with E-state index in [9.17, 15) is 8.42 Å². The molecule has 0 radical (unpaired) electrons. The van der Waals surface area contributed by atoms with Crippen LogP contribution in [0.4, 0.5) is 0 Å². The number of benzene rings is 1. The molecule has 24 heavy (non-hydrogen) atoms. The normalized spacial score (nSPS) is 11.8. The lowest BCUT2D eigenvalue weighted by atomic mass is 10.1. The van der Waals surface area contributed by atoms with Gasteiger partial charge in [-0.1, -0.05) is 46.6 Å². The van der Waals surface area contributed by atoms with Gasteiger partial charge < -0.3 is 4.52 Å². The van der Waals surface area contributed by atoms with Crippen molar-refractivity contribution in [1.82, 2.24) is 14.9 Å². The van der Waals surface area contributed by atoms with Crippen LogP contribution in [0, 0.1) is 6.92 Å². The minimum absolute atomic E-state index is 0.160. The van der Waals surface area contributed by atoms with Gasteiger partial charge in [0.1, 0.15) is 4.21 Å². The van der Waals surface area contributed by atoms with E-state index in [1.54, 1.807) is 6.07 Å². The van der Waals surface area contributed by atoms with Gasteiger partial charge in [0, 0.05) is 18.5 Å². The molecule has 1 N–H and O–H groups in total. The van der Waals surface area contributed by atoms with Crippen LogP contribution in [0.5, 0.6) is 0 Å². The van der Waals surface area contributed by atoms with Gasteiger partial charge in [0.25, 0.3) is 0 Å². The van der Waals surface area contributed by atoms with Gasteiger partial charge in [-0.15, -0.1) is 11.3 Å². The fourth-order valence-corrected chi connectivity index (χ4v) is 4.54. The van der Waals surface area contributed by atoms with Crippen LogP contribution >= 0.6 is 22.9 Å². The third-order valence-electron chi connectivity index (χ3n) is 3.22. The number of hydrogen-bond donors (Lipinski definition) is 1. The zero-order valence-electron chi connectivity index (χ0n) is 12.7. The van der Waals surface area contributed by atoms with E-state index >= 15 is 0 Å². The Kier molecular flexibility index (Phi) is 5.00. The van der Waals surface area contributed by atoms with Gasteiger partial charge >= 0.3 is 0 Å². The first-order chi connectivity index (χ1) is 11.4. The second kappa shape index (κ2) is 7.02. The van der Waals surface area contributed by atoms with Gasteiger partial charge in [0.05, 0.1) is 4.34 Å². The summed E-state index contributed by atoms with van der Waals surface area (Å²) >= 11 is 6.77. The minimum atomic E-state index is -3.57. The molecule has 0 aliphatic carbocycles. The Balaban J connectivity index is 1.61. The summed E-state index contributed by atoms with van der Waals surface area (Å²) in [4.78, 5) is 4.28. The fraction of sp³-hybridized carbons (Fsp3) is 0.200. The first-order valence-corrected chi connectivity index (χ1v) is 9.76. The van der Waals surface area contributed by atoms with Crippen molar-refractivity contribution in [2.45, 2.75) is 17.6 Å². The number of thiophene rings is 1. The van der Waals surface area contributed by atoms with Crippen LogP contribution in [0.3, 0.4) is 0 Å². The highest BCUT2D eigenvalue weighted by Gasteiger charge is 2.17. The summed E-state index contributed by atoms with van der Waals surface area (Å²) in [5, 5.41) is 3.91. The molecule has 0 saturated heterocycles. The molecule has 0 amide bonds. The second-order valence-corrected chi connectivity index (χ2v) is 8.79. The first-order valence-electron chi connectivity index (χ1n) is 7.09. The van der Waals surface area contributed by atoms with Gasteiger partial charge in [-0.05, 0) is 19.1 Å². The van der Waals surface area contributed by atoms with E-state index in [0.29, 0.717) is 22.5 Å². The lowest BCUT2D eigenvalue weighted by Crippen LogP contribution is -2.25. The molecule has 9 heteroatoms. The molecular formula is C15H14ClN3O3S2. The van der Waals surface area contributed by atoms with Crippen LogP contribution in [0.1, 0.15) is 11.5 Å². The maximum atomic E-state index is 12.1. The summed E-state index contributed by atoms with van der Waals surface area (Å²) in [6, 6.07) is 10.8. The van der Waals surface area contributed by atoms with Crippen molar-refractivity contribution in [3.05, 3.63) is 52.2 Å². The first kappa shape index (κ1) is 17.1. The van der Waals surface area contributed by atoms with E-state index < -0.39 is 10.0 Å². The second-order valence-electron chi connectivity index (χ2n) is 5.08. The molecule has 0 unspecified atom stereocenters. The van der Waals surface area contributed by atoms with Crippen LogP contribution in [-0.4, -0.2) is 25.1 Å². The third kappa shape index (κ3) is 4.02. The molecule has 0 spiro atoms. The SMILES string of the molecule is Cc1ccc(-c2noc(CCNS(=O)(=O)c3ccc(Cl)s3)n2)cc1. The van der Waals surface area contributed by atoms with Crippen LogP contribution in [0.2, 0.25) is 4.34 Å². The van der Waals surface area contributed by atoms with Crippen molar-refractivity contribution >= 4 is 33.0 Å². The Morgan fingerprint density at radius 1 is 1.21 bits per heavy atom. The molecule has 3 aromatic rings. The van der Waals surface area contributed by atoms with E-state index in [2.05, 4.69) is 14.9 Å². The van der Waals surface area contributed by atoms with E-state index in [-0.39, 0.29) is 10.8 Å². The van der Waals surface area contributed by atoms with Crippen molar-refractivity contribution < 1.29 is 12.9 Å². The fourth-order valence-electron chi connectivity index (χ4n) is 1.98. The predicted octanol–water partition coefficient (Wildman–Crippen LogP) is 3.28. The highest BCUT2D eigenvalue weighted by Crippen LogP contribution is 2.25. The minimum Gasteiger partial charge on any atom is -0.339 e. The number of nitrogens with one attached hydrogen (secondary N) is 1. The van der Waals surface area contributed by atoms with E-state index in [1.165, 1.54) is 6.07 Å². The number of nitrogens with zero attached hydrogens (tertiary/aromatic N) is 2. The highest BCUT2D eigenvalue weighted by molar-refractivity contribution is 7.91. The lowest BCUT2D eigenvalue weighted by Gasteiger charge is -2.02. The van der Waals surface area contributed by atoms with Crippen molar-refractivity contribution in [3.63, 3.8) is 0 Å². The zero-order chi connectivity index (χ0) is 17.2. The van der Waals surface area contributed by atoms with Crippen molar-refractivity contribution in [3.8, 4) is 11.4 Å². The molecule has 0 aliphatic heterocycles. The summed E-state index contributed by atoms with van der Waals surface area (Å²) in [5.74, 6) is 0.857. The topological polar surface area (TPSA) is 85.1 Å². The Morgan fingerprint density at radius 2 is 1.96 bits per heavy atom. The molecule has 0 saturated carbocycles. The van der Waals surface area contributed by atoms with Crippen LogP contribution < -0.4 is 4.72 Å². The standard InChI is InChI=1S/C15H14ClN3O3S2/c1-10-2-4-11(5-3-10)15-18-13(22-19-15)8-9-17-24(20,21)14-7-6-12(16)23-14/h2-7,17H,8-9H2,1H3. The summed E-state index contributed by atoms with van der Waals surface area (Å²) in [6.07, 6.45) is 0.303. The molecule has 0 bridgehead atoms. The number of aromatic nitrogens is 2. The molecular weight excluding hydrogens is 370 g/mol. The van der Waals surface area contributed by atoms with Crippen molar-refractivity contribution in [2.75, 3.05) is 6.54 Å². The average Bonchev–Trinajstić information content (AvgIpc) is 3.17. The Labute approximate surface area is 148 Å². The number of hydrogen-bond acceptors (Lipinski definition) is 6. The largest absolute Gasteiger partial charge is 0.339 e. The Morgan fingerprint density at radius 3 is 2.62 bits per heavy atom. The number of rotatable bonds is 6. The summed E-state index contributed by atoms with van der Waals surface area (Å²) in [6.45, 7) is 2.16. The van der Waals surface area contributed by atoms with Gasteiger partial charge in [0.15, 0.2) is 0 Å². The smallest absolute Gasteiger partial charge is 0.250 e. The van der Waals surface area contributed by atoms with Gasteiger partial charge in [-0.25, -0.2) is 13.1 Å². The van der Waals surface area contributed by atoms with Gasteiger partial charge in [-0.3, -0.25) is 0 Å². The van der Waals surface area contributed by atoms with Crippen molar-refractivity contribution in [2.24, 2.45) is 0 Å². The predicted molar refractivity (Wildman–Crippen MR) is 92.7 cm³/mol. The monoisotopic (exact) mass is 383 g/mol. The Bertz CT molecular complexity index is 933. The molecule has 0 aliphatic rings. The molecule has 1 aromatic carbocycles. The highest BCUT2D eigenvalue weighted by atomic mass is 35.5. The van der Waals surface area contributed by atoms with Gasteiger partial charge in [-0.2, -0.15) is 4.98 Å². The molecule has 3 rings (SSSR count). The molecule has 0 atom stereocenters. The molecule has 126 valence electrons. The van der Waals surface area contributed by atoms with Crippen molar-refractivity contribution in [1.29, 1.82) is 0 Å². The third-order valence-corrected chi connectivity index (χ3v) is 6.41. The molecule has 2 heterocycles. The van der Waals surface area contributed by atoms with E-state index in [4.69, 9.17) is 16.1 Å². The lowest BCUT2D eigenvalue weighted by molar-refractivity contribution is 0.379. The summed E-state index contributed by atoms with van der Waals surface area (Å²) in [5.41, 5.74) is 2.00. The number of aryl methyl sites for hydroxylation is 1. The quantitative estimate of drug-likeness (QED) is 0.706. The van der Waals surface area contributed by atoms with Gasteiger partial charge in [0.2, 0.25) is 21.7 Å². The van der Waals surface area contributed by atoms with E-state index in [0.717, 1.165) is 22.5 Å². The maximum Gasteiger partial charge on any atom is 0.250 e. The zero-order valence-corrected chi connectivity index (χ0v) is 15.1. The van der Waals surface area contributed by atoms with E-state index in [1.807, 2.05) is 31.2 Å². The molecule has 6 nitrogen and oxygen atoms in total. The summed E-state index contributed by atoms with van der Waals surface area (Å²) in [7, 11) is -3.57. The van der Waals surface area contributed by atoms with Crippen LogP contribution in [0.15, 0.2) is 45.1 Å². The molecule has 2 aromatic heterocycles. The average molecular weight is 384 g/mol. The van der Waals surface area contributed by atoms with Crippen LogP contribution in [0.25, 0.3) is 11.4 Å². The summed E-state index contributed by atoms with van der Waals surface area (Å²) < 4.78 is 32.4. The Hall–Kier alpha value is -1.74.